The number of amides is 1. The number of rotatable bonds is 3. The van der Waals surface area contributed by atoms with E-state index >= 15 is 0 Å². The highest BCUT2D eigenvalue weighted by Gasteiger charge is 2.14. The second-order valence-electron chi connectivity index (χ2n) is 4.83. The van der Waals surface area contributed by atoms with Crippen LogP contribution in [-0.4, -0.2) is 29.0 Å². The van der Waals surface area contributed by atoms with Gasteiger partial charge < -0.3 is 10.1 Å². The zero-order valence-corrected chi connectivity index (χ0v) is 13.3. The number of carbonyl (C=O) groups excluding carboxylic acids is 2. The molecule has 0 aliphatic rings. The molecule has 0 aliphatic carbocycles. The molecule has 116 valence electrons. The molecule has 1 amide bonds. The second-order valence-corrected chi connectivity index (χ2v) is 5.86. The number of thiophene rings is 1. The number of fused-ring (bicyclic) bond motifs is 1. The van der Waals surface area contributed by atoms with Gasteiger partial charge in [0.05, 0.1) is 17.6 Å². The van der Waals surface area contributed by atoms with E-state index in [1.54, 1.807) is 36.7 Å². The SMILES string of the molecule is COC(=O)c1ccc(C)c(NC(=O)c2cc3nccnc3s2)c1. The van der Waals surface area contributed by atoms with Crippen LogP contribution in [0.25, 0.3) is 10.3 Å². The Balaban J connectivity index is 1.88. The lowest BCUT2D eigenvalue weighted by atomic mass is 10.1. The Hall–Kier alpha value is -2.80. The molecule has 0 saturated carbocycles. The summed E-state index contributed by atoms with van der Waals surface area (Å²) in [7, 11) is 1.32. The zero-order valence-electron chi connectivity index (χ0n) is 12.5. The Kier molecular flexibility index (Phi) is 4.03. The molecule has 0 bridgehead atoms. The van der Waals surface area contributed by atoms with Crippen LogP contribution < -0.4 is 5.32 Å². The van der Waals surface area contributed by atoms with E-state index in [0.29, 0.717) is 26.5 Å². The van der Waals surface area contributed by atoms with Crippen molar-refractivity contribution in [2.75, 3.05) is 12.4 Å². The minimum absolute atomic E-state index is 0.264. The monoisotopic (exact) mass is 327 g/mol. The molecule has 2 heterocycles. The highest BCUT2D eigenvalue weighted by atomic mass is 32.1. The molecule has 0 unspecified atom stereocenters. The molecule has 0 radical (unpaired) electrons. The predicted molar refractivity (Wildman–Crippen MR) is 87.9 cm³/mol. The zero-order chi connectivity index (χ0) is 16.4. The van der Waals surface area contributed by atoms with Gasteiger partial charge in [-0.1, -0.05) is 6.07 Å². The summed E-state index contributed by atoms with van der Waals surface area (Å²) in [6.07, 6.45) is 3.17. The van der Waals surface area contributed by atoms with Crippen molar-refractivity contribution in [2.24, 2.45) is 0 Å². The average molecular weight is 327 g/mol. The van der Waals surface area contributed by atoms with Gasteiger partial charge in [0.25, 0.3) is 5.91 Å². The maximum atomic E-state index is 12.4. The van der Waals surface area contributed by atoms with Crippen molar-refractivity contribution in [1.29, 1.82) is 0 Å². The second kappa shape index (κ2) is 6.13. The first-order chi connectivity index (χ1) is 11.1. The molecule has 0 aliphatic heterocycles. The van der Waals surface area contributed by atoms with Gasteiger partial charge in [0.2, 0.25) is 0 Å². The van der Waals surface area contributed by atoms with Crippen LogP contribution in [0.15, 0.2) is 36.7 Å². The topological polar surface area (TPSA) is 81.2 Å². The van der Waals surface area contributed by atoms with Gasteiger partial charge in [0.15, 0.2) is 0 Å². The molecular formula is C16H13N3O3S. The molecule has 1 aromatic carbocycles. The van der Waals surface area contributed by atoms with Crippen LogP contribution in [0.1, 0.15) is 25.6 Å². The number of nitrogens with one attached hydrogen (secondary N) is 1. The Labute approximate surface area is 136 Å². The van der Waals surface area contributed by atoms with E-state index < -0.39 is 5.97 Å². The molecule has 0 spiro atoms. The number of aryl methyl sites for hydroxylation is 1. The Morgan fingerprint density at radius 2 is 1.96 bits per heavy atom. The molecule has 7 heteroatoms. The third kappa shape index (κ3) is 3.04. The highest BCUT2D eigenvalue weighted by molar-refractivity contribution is 7.20. The molecule has 6 nitrogen and oxygen atoms in total. The minimum Gasteiger partial charge on any atom is -0.465 e. The number of methoxy groups -OCH3 is 1. The van der Waals surface area contributed by atoms with Crippen molar-refractivity contribution in [3.63, 3.8) is 0 Å². The van der Waals surface area contributed by atoms with Crippen molar-refractivity contribution in [3.05, 3.63) is 52.7 Å². The fourth-order valence-corrected chi connectivity index (χ4v) is 2.92. The van der Waals surface area contributed by atoms with E-state index in [2.05, 4.69) is 15.3 Å². The standard InChI is InChI=1S/C16H13N3O3S/c1-9-3-4-10(16(21)22-2)7-11(9)19-14(20)13-8-12-15(23-13)18-6-5-17-12/h3-8H,1-2H3,(H,19,20). The predicted octanol–water partition coefficient (Wildman–Crippen LogP) is 3.04. The number of nitrogens with zero attached hydrogens (tertiary/aromatic N) is 2. The summed E-state index contributed by atoms with van der Waals surface area (Å²) in [5, 5.41) is 2.81. The van der Waals surface area contributed by atoms with Crippen LogP contribution >= 0.6 is 11.3 Å². The van der Waals surface area contributed by atoms with Gasteiger partial charge in [-0.2, -0.15) is 0 Å². The lowest BCUT2D eigenvalue weighted by Crippen LogP contribution is -2.12. The molecule has 0 atom stereocenters. The van der Waals surface area contributed by atoms with Gasteiger partial charge >= 0.3 is 5.97 Å². The summed E-state index contributed by atoms with van der Waals surface area (Å²) in [6, 6.07) is 6.71. The molecule has 0 saturated heterocycles. The first-order valence-electron chi connectivity index (χ1n) is 6.79. The molecule has 3 aromatic rings. The minimum atomic E-state index is -0.448. The van der Waals surface area contributed by atoms with E-state index in [1.807, 2.05) is 6.92 Å². The van der Waals surface area contributed by atoms with E-state index in [1.165, 1.54) is 18.4 Å². The van der Waals surface area contributed by atoms with Crippen molar-refractivity contribution in [2.45, 2.75) is 6.92 Å². The lowest BCUT2D eigenvalue weighted by molar-refractivity contribution is 0.0600. The van der Waals surface area contributed by atoms with E-state index in [9.17, 15) is 9.59 Å². The largest absolute Gasteiger partial charge is 0.465 e. The number of carbonyl (C=O) groups is 2. The lowest BCUT2D eigenvalue weighted by Gasteiger charge is -2.09. The maximum Gasteiger partial charge on any atom is 0.337 e. The molecule has 2 aromatic heterocycles. The van der Waals surface area contributed by atoms with Crippen LogP contribution in [0.4, 0.5) is 5.69 Å². The number of hydrogen-bond acceptors (Lipinski definition) is 6. The van der Waals surface area contributed by atoms with Crippen LogP contribution in [0, 0.1) is 6.92 Å². The maximum absolute atomic E-state index is 12.4. The molecule has 1 N–H and O–H groups in total. The van der Waals surface area contributed by atoms with E-state index in [4.69, 9.17) is 4.74 Å². The molecule has 3 rings (SSSR count). The van der Waals surface area contributed by atoms with E-state index in [0.717, 1.165) is 5.56 Å². The molecule has 23 heavy (non-hydrogen) atoms. The third-order valence-electron chi connectivity index (χ3n) is 3.30. The van der Waals surface area contributed by atoms with Gasteiger partial charge in [0, 0.05) is 18.1 Å². The number of benzene rings is 1. The summed E-state index contributed by atoms with van der Waals surface area (Å²) in [5.74, 6) is -0.712. The Morgan fingerprint density at radius 1 is 1.17 bits per heavy atom. The Morgan fingerprint density at radius 3 is 2.70 bits per heavy atom. The van der Waals surface area contributed by atoms with Crippen LogP contribution in [0.5, 0.6) is 0 Å². The van der Waals surface area contributed by atoms with Crippen LogP contribution in [0.2, 0.25) is 0 Å². The first-order valence-corrected chi connectivity index (χ1v) is 7.61. The van der Waals surface area contributed by atoms with Crippen molar-refractivity contribution in [1.82, 2.24) is 9.97 Å². The van der Waals surface area contributed by atoms with Gasteiger partial charge in [0.1, 0.15) is 10.3 Å². The molecule has 0 fully saturated rings. The quantitative estimate of drug-likeness (QED) is 0.748. The van der Waals surface area contributed by atoms with Gasteiger partial charge in [-0.15, -0.1) is 11.3 Å². The average Bonchev–Trinajstić information content (AvgIpc) is 3.00. The molecular weight excluding hydrogens is 314 g/mol. The number of aromatic nitrogens is 2. The summed E-state index contributed by atoms with van der Waals surface area (Å²) in [6.45, 7) is 1.85. The summed E-state index contributed by atoms with van der Waals surface area (Å²) >= 11 is 1.27. The third-order valence-corrected chi connectivity index (χ3v) is 4.33. The van der Waals surface area contributed by atoms with E-state index in [-0.39, 0.29) is 5.91 Å². The number of ether oxygens (including phenoxy) is 1. The first kappa shape index (κ1) is 15.1. The smallest absolute Gasteiger partial charge is 0.337 e. The van der Waals surface area contributed by atoms with Crippen molar-refractivity contribution >= 4 is 39.2 Å². The summed E-state index contributed by atoms with van der Waals surface area (Å²) < 4.78 is 4.69. The fraction of sp³-hybridized carbons (Fsp3) is 0.125. The summed E-state index contributed by atoms with van der Waals surface area (Å²) in [5.41, 5.74) is 2.48. The van der Waals surface area contributed by atoms with Gasteiger partial charge in [-0.05, 0) is 30.7 Å². The number of hydrogen-bond donors (Lipinski definition) is 1. The van der Waals surface area contributed by atoms with Crippen LogP contribution in [0.3, 0.4) is 0 Å². The fourth-order valence-electron chi connectivity index (χ4n) is 2.07. The van der Waals surface area contributed by atoms with Crippen molar-refractivity contribution in [3.8, 4) is 0 Å². The van der Waals surface area contributed by atoms with Crippen molar-refractivity contribution < 1.29 is 14.3 Å². The van der Waals surface area contributed by atoms with Gasteiger partial charge in [-0.3, -0.25) is 9.78 Å². The summed E-state index contributed by atoms with van der Waals surface area (Å²) in [4.78, 5) is 33.6. The number of esters is 1. The number of anilines is 1. The van der Waals surface area contributed by atoms with Crippen LogP contribution in [-0.2, 0) is 4.74 Å². The Bertz CT molecular complexity index is 871. The highest BCUT2D eigenvalue weighted by Crippen LogP contribution is 2.24. The normalized spacial score (nSPS) is 10.5. The van der Waals surface area contributed by atoms with Gasteiger partial charge in [-0.25, -0.2) is 9.78 Å².